The van der Waals surface area contributed by atoms with Gasteiger partial charge in [0.25, 0.3) is 0 Å². The van der Waals surface area contributed by atoms with Crippen LogP contribution in [0, 0.1) is 19.7 Å². The molecule has 4 heteroatoms. The van der Waals surface area contributed by atoms with Crippen molar-refractivity contribution in [1.29, 1.82) is 0 Å². The first-order chi connectivity index (χ1) is 10.1. The van der Waals surface area contributed by atoms with Crippen molar-refractivity contribution >= 4 is 5.65 Å². The summed E-state index contributed by atoms with van der Waals surface area (Å²) in [6.07, 6.45) is 2.13. The lowest BCUT2D eigenvalue weighted by molar-refractivity contribution is 0.617. The lowest BCUT2D eigenvalue weighted by Crippen LogP contribution is -2.06. The van der Waals surface area contributed by atoms with E-state index in [1.807, 2.05) is 6.07 Å². The minimum Gasteiger partial charge on any atom is -0.330 e. The van der Waals surface area contributed by atoms with Gasteiger partial charge in [-0.05, 0) is 43.7 Å². The van der Waals surface area contributed by atoms with Gasteiger partial charge in [0.15, 0.2) is 0 Å². The van der Waals surface area contributed by atoms with Gasteiger partial charge in [0, 0.05) is 18.2 Å². The van der Waals surface area contributed by atoms with E-state index in [1.165, 1.54) is 23.4 Å². The average molecular weight is 283 g/mol. The Labute approximate surface area is 123 Å². The number of rotatable bonds is 3. The summed E-state index contributed by atoms with van der Waals surface area (Å²) >= 11 is 0. The Morgan fingerprint density at radius 2 is 2.00 bits per heavy atom. The Morgan fingerprint density at radius 1 is 1.19 bits per heavy atom. The van der Waals surface area contributed by atoms with Crippen LogP contribution in [0.2, 0.25) is 0 Å². The molecule has 0 amide bonds. The zero-order chi connectivity index (χ0) is 15.0. The second-order valence-corrected chi connectivity index (χ2v) is 5.27. The van der Waals surface area contributed by atoms with Crippen LogP contribution in [-0.4, -0.2) is 15.9 Å². The minimum absolute atomic E-state index is 0.273. The van der Waals surface area contributed by atoms with Crippen LogP contribution in [0.25, 0.3) is 16.9 Å². The first-order valence-corrected chi connectivity index (χ1v) is 7.05. The molecule has 3 rings (SSSR count). The molecule has 0 aliphatic carbocycles. The van der Waals surface area contributed by atoms with Crippen LogP contribution in [-0.2, 0) is 6.42 Å². The highest BCUT2D eigenvalue weighted by Gasteiger charge is 2.16. The largest absolute Gasteiger partial charge is 0.330 e. The van der Waals surface area contributed by atoms with E-state index in [1.54, 1.807) is 10.5 Å². The first-order valence-electron chi connectivity index (χ1n) is 7.05. The van der Waals surface area contributed by atoms with Crippen LogP contribution in [0.15, 0.2) is 36.5 Å². The molecule has 21 heavy (non-hydrogen) atoms. The summed E-state index contributed by atoms with van der Waals surface area (Å²) in [5, 5.41) is 0. The quantitative estimate of drug-likeness (QED) is 0.801. The molecule has 0 saturated carbocycles. The number of fused-ring (bicyclic) bond motifs is 1. The second-order valence-electron chi connectivity index (χ2n) is 5.27. The van der Waals surface area contributed by atoms with Gasteiger partial charge in [-0.1, -0.05) is 18.2 Å². The highest BCUT2D eigenvalue weighted by Crippen LogP contribution is 2.29. The summed E-state index contributed by atoms with van der Waals surface area (Å²) in [5.41, 5.74) is 11.8. The summed E-state index contributed by atoms with van der Waals surface area (Å²) in [4.78, 5) is 4.69. The average Bonchev–Trinajstić information content (AvgIpc) is 2.81. The first kappa shape index (κ1) is 13.8. The molecule has 3 aromatic rings. The van der Waals surface area contributed by atoms with E-state index in [2.05, 4.69) is 31.0 Å². The maximum Gasteiger partial charge on any atom is 0.139 e. The zero-order valence-electron chi connectivity index (χ0n) is 12.2. The third-order valence-corrected chi connectivity index (χ3v) is 3.92. The molecule has 0 bridgehead atoms. The number of halogens is 1. The SMILES string of the molecule is Cc1cccc(-c2nc3ccc(F)cn3c2CCN)c1C. The molecule has 2 aromatic heterocycles. The number of aryl methyl sites for hydroxylation is 1. The smallest absolute Gasteiger partial charge is 0.139 e. The van der Waals surface area contributed by atoms with Gasteiger partial charge in [-0.3, -0.25) is 0 Å². The maximum atomic E-state index is 13.5. The molecule has 0 radical (unpaired) electrons. The number of aromatic nitrogens is 2. The molecule has 0 unspecified atom stereocenters. The van der Waals surface area contributed by atoms with Gasteiger partial charge >= 0.3 is 0 Å². The van der Waals surface area contributed by atoms with Crippen LogP contribution in [0.4, 0.5) is 4.39 Å². The molecule has 2 heterocycles. The number of hydrogen-bond donors (Lipinski definition) is 1. The van der Waals surface area contributed by atoms with Gasteiger partial charge in [0.1, 0.15) is 11.5 Å². The number of pyridine rings is 1. The van der Waals surface area contributed by atoms with E-state index in [9.17, 15) is 4.39 Å². The second kappa shape index (κ2) is 5.30. The fraction of sp³-hybridized carbons (Fsp3) is 0.235. The fourth-order valence-corrected chi connectivity index (χ4v) is 2.67. The Bertz CT molecular complexity index is 805. The molecule has 0 atom stereocenters. The van der Waals surface area contributed by atoms with E-state index in [-0.39, 0.29) is 5.82 Å². The molecular weight excluding hydrogens is 265 g/mol. The van der Waals surface area contributed by atoms with Gasteiger partial charge in [-0.2, -0.15) is 0 Å². The molecule has 0 fully saturated rings. The van der Waals surface area contributed by atoms with Gasteiger partial charge in [0.05, 0.1) is 11.4 Å². The molecule has 2 N–H and O–H groups in total. The molecule has 0 saturated heterocycles. The lowest BCUT2D eigenvalue weighted by Gasteiger charge is -2.09. The van der Waals surface area contributed by atoms with Crippen molar-refractivity contribution in [3.63, 3.8) is 0 Å². The number of hydrogen-bond acceptors (Lipinski definition) is 2. The minimum atomic E-state index is -0.273. The van der Waals surface area contributed by atoms with Crippen molar-refractivity contribution in [3.8, 4) is 11.3 Å². The Hall–Kier alpha value is -2.20. The summed E-state index contributed by atoms with van der Waals surface area (Å²) in [6.45, 7) is 4.67. The molecule has 1 aromatic carbocycles. The van der Waals surface area contributed by atoms with Gasteiger partial charge in [-0.15, -0.1) is 0 Å². The van der Waals surface area contributed by atoms with Crippen LogP contribution in [0.5, 0.6) is 0 Å². The molecule has 108 valence electrons. The molecule has 3 nitrogen and oxygen atoms in total. The Morgan fingerprint density at radius 3 is 2.76 bits per heavy atom. The highest BCUT2D eigenvalue weighted by atomic mass is 19.1. The van der Waals surface area contributed by atoms with Crippen LogP contribution in [0.1, 0.15) is 16.8 Å². The summed E-state index contributed by atoms with van der Waals surface area (Å²) in [6, 6.07) is 9.29. The van der Waals surface area contributed by atoms with E-state index in [4.69, 9.17) is 5.73 Å². The van der Waals surface area contributed by atoms with Gasteiger partial charge in [0.2, 0.25) is 0 Å². The Kier molecular flexibility index (Phi) is 3.47. The van der Waals surface area contributed by atoms with Crippen LogP contribution in [0.3, 0.4) is 0 Å². The highest BCUT2D eigenvalue weighted by molar-refractivity contribution is 5.70. The normalized spacial score (nSPS) is 11.2. The standard InChI is InChI=1S/C17H18FN3/c1-11-4-3-5-14(12(11)2)17-15(8-9-19)21-10-13(18)6-7-16(21)20-17/h3-7,10H,8-9,19H2,1-2H3. The number of nitrogens with zero attached hydrogens (tertiary/aromatic N) is 2. The third-order valence-electron chi connectivity index (χ3n) is 3.92. The predicted octanol–water partition coefficient (Wildman–Crippen LogP) is 3.26. The van der Waals surface area contributed by atoms with Crippen molar-refractivity contribution < 1.29 is 4.39 Å². The van der Waals surface area contributed by atoms with Crippen molar-refractivity contribution in [3.05, 3.63) is 59.2 Å². The molecule has 0 aliphatic heterocycles. The van der Waals surface area contributed by atoms with Crippen LogP contribution >= 0.6 is 0 Å². The lowest BCUT2D eigenvalue weighted by atomic mass is 9.99. The molecule has 0 aliphatic rings. The zero-order valence-corrected chi connectivity index (χ0v) is 12.2. The third kappa shape index (κ3) is 2.32. The topological polar surface area (TPSA) is 43.3 Å². The van der Waals surface area contributed by atoms with E-state index in [0.717, 1.165) is 22.6 Å². The Balaban J connectivity index is 2.31. The van der Waals surface area contributed by atoms with Gasteiger partial charge < -0.3 is 10.1 Å². The fourth-order valence-electron chi connectivity index (χ4n) is 2.67. The number of benzene rings is 1. The monoisotopic (exact) mass is 283 g/mol. The van der Waals surface area contributed by atoms with E-state index < -0.39 is 0 Å². The summed E-state index contributed by atoms with van der Waals surface area (Å²) in [7, 11) is 0. The summed E-state index contributed by atoms with van der Waals surface area (Å²) in [5.74, 6) is -0.273. The number of nitrogens with two attached hydrogens (primary N) is 1. The summed E-state index contributed by atoms with van der Waals surface area (Å²) < 4.78 is 15.3. The van der Waals surface area contributed by atoms with Crippen molar-refractivity contribution in [1.82, 2.24) is 9.38 Å². The van der Waals surface area contributed by atoms with Crippen molar-refractivity contribution in [2.24, 2.45) is 5.73 Å². The number of imidazole rings is 1. The van der Waals surface area contributed by atoms with E-state index in [0.29, 0.717) is 13.0 Å². The van der Waals surface area contributed by atoms with Crippen molar-refractivity contribution in [2.75, 3.05) is 6.54 Å². The van der Waals surface area contributed by atoms with Crippen LogP contribution < -0.4 is 5.73 Å². The predicted molar refractivity (Wildman–Crippen MR) is 82.8 cm³/mol. The van der Waals surface area contributed by atoms with Gasteiger partial charge in [-0.25, -0.2) is 9.37 Å². The molecule has 0 spiro atoms. The maximum absolute atomic E-state index is 13.5. The van der Waals surface area contributed by atoms with Crippen molar-refractivity contribution in [2.45, 2.75) is 20.3 Å². The molecular formula is C17H18FN3. The van der Waals surface area contributed by atoms with E-state index >= 15 is 0 Å².